The highest BCUT2D eigenvalue weighted by Gasteiger charge is 2.43. The average Bonchev–Trinajstić information content (AvgIpc) is 3.23. The Kier molecular flexibility index (Phi) is 7.42. The summed E-state index contributed by atoms with van der Waals surface area (Å²) in [5.74, 6) is 1.45. The van der Waals surface area contributed by atoms with Crippen molar-refractivity contribution < 1.29 is 14.3 Å². The summed E-state index contributed by atoms with van der Waals surface area (Å²) in [5, 5.41) is 0. The molecule has 2 aromatic heterocycles. The third-order valence-corrected chi connectivity index (χ3v) is 6.95. The summed E-state index contributed by atoms with van der Waals surface area (Å²) in [7, 11) is 3.48. The quantitative estimate of drug-likeness (QED) is 0.323. The fourth-order valence-electron chi connectivity index (χ4n) is 4.91. The van der Waals surface area contributed by atoms with Gasteiger partial charge in [0, 0.05) is 32.9 Å². The molecule has 0 aliphatic carbocycles. The number of methoxy groups -OCH3 is 1. The summed E-state index contributed by atoms with van der Waals surface area (Å²) in [6, 6.07) is 3.94. The average molecular weight is 454 g/mol. The molecule has 178 valence electrons. The fraction of sp³-hybridized carbons (Fsp3) is 0.600. The topological polar surface area (TPSA) is 80.7 Å². The van der Waals surface area contributed by atoms with Crippen molar-refractivity contribution >= 4 is 28.8 Å². The number of allylic oxidation sites excluding steroid dienone is 1. The molecule has 2 fully saturated rings. The van der Waals surface area contributed by atoms with Gasteiger partial charge in [-0.3, -0.25) is 9.78 Å². The second-order valence-corrected chi connectivity index (χ2v) is 9.33. The maximum Gasteiger partial charge on any atom is 0.308 e. The van der Waals surface area contributed by atoms with Gasteiger partial charge in [0.1, 0.15) is 5.52 Å². The number of ether oxygens (including phenoxy) is 2. The van der Waals surface area contributed by atoms with E-state index in [4.69, 9.17) is 19.4 Å². The minimum atomic E-state index is -0.200. The molecule has 0 radical (unpaired) electrons. The van der Waals surface area contributed by atoms with E-state index in [1.165, 1.54) is 7.11 Å². The van der Waals surface area contributed by atoms with Gasteiger partial charge in [-0.1, -0.05) is 6.08 Å². The normalized spacial score (nSPS) is 19.7. The maximum absolute atomic E-state index is 11.6. The van der Waals surface area contributed by atoms with Crippen LogP contribution in [0, 0.1) is 5.41 Å². The number of anilines is 2. The zero-order chi connectivity index (χ0) is 23.3. The van der Waals surface area contributed by atoms with Gasteiger partial charge in [0.05, 0.1) is 31.8 Å². The summed E-state index contributed by atoms with van der Waals surface area (Å²) in [6.07, 6.45) is 10.2. The number of nitrogens with zero attached hydrogens (tertiary/aromatic N) is 5. The first-order valence-corrected chi connectivity index (χ1v) is 11.9. The van der Waals surface area contributed by atoms with Gasteiger partial charge in [0.15, 0.2) is 5.82 Å². The lowest BCUT2D eigenvalue weighted by Crippen LogP contribution is -2.41. The Hall–Kier alpha value is -2.74. The number of esters is 1. The van der Waals surface area contributed by atoms with E-state index >= 15 is 0 Å². The number of pyridine rings is 1. The van der Waals surface area contributed by atoms with Gasteiger partial charge in [-0.2, -0.15) is 4.98 Å². The summed E-state index contributed by atoms with van der Waals surface area (Å²) in [6.45, 7) is 7.19. The molecule has 0 aromatic carbocycles. The lowest BCUT2D eigenvalue weighted by Gasteiger charge is -2.39. The van der Waals surface area contributed by atoms with E-state index in [1.54, 1.807) is 0 Å². The van der Waals surface area contributed by atoms with Gasteiger partial charge in [-0.05, 0) is 56.1 Å². The van der Waals surface area contributed by atoms with Crippen molar-refractivity contribution in [2.45, 2.75) is 51.0 Å². The third kappa shape index (κ3) is 5.43. The molecule has 4 heterocycles. The lowest BCUT2D eigenvalue weighted by molar-refractivity contribution is -0.143. The van der Waals surface area contributed by atoms with Crippen molar-refractivity contribution in [3.8, 4) is 0 Å². The van der Waals surface area contributed by atoms with Gasteiger partial charge in [-0.15, -0.1) is 6.58 Å². The van der Waals surface area contributed by atoms with E-state index in [1.807, 2.05) is 24.4 Å². The highest BCUT2D eigenvalue weighted by molar-refractivity contribution is 5.86. The molecule has 0 N–H and O–H groups in total. The number of carbonyl (C=O) groups is 1. The second kappa shape index (κ2) is 10.5. The van der Waals surface area contributed by atoms with E-state index < -0.39 is 0 Å². The van der Waals surface area contributed by atoms with Crippen LogP contribution in [0.25, 0.3) is 11.0 Å². The van der Waals surface area contributed by atoms with E-state index in [0.717, 1.165) is 81.0 Å². The minimum Gasteiger partial charge on any atom is -0.469 e. The fourth-order valence-corrected chi connectivity index (χ4v) is 4.91. The minimum absolute atomic E-state index is 0.0353. The van der Waals surface area contributed by atoms with Crippen LogP contribution in [0.15, 0.2) is 31.0 Å². The zero-order valence-corrected chi connectivity index (χ0v) is 19.8. The predicted octanol–water partition coefficient (Wildman–Crippen LogP) is 3.76. The Bertz CT molecular complexity index is 974. The third-order valence-electron chi connectivity index (χ3n) is 6.95. The number of fused-ring (bicyclic) bond motifs is 1. The van der Waals surface area contributed by atoms with Crippen LogP contribution >= 0.6 is 0 Å². The standard InChI is InChI=1S/C25H35N5O3/c1-4-5-6-7-13-29(2)24-27-20-9-8-12-26-22(20)23(28-24)30-14-10-25(11-15-30)17-19(33-18-25)16-21(31)32-3/h4,8-9,12,19H,1,5-7,10-11,13-18H2,2-3H3. The SMILES string of the molecule is C=CCCCCN(C)c1nc(N2CCC3(CC2)COC(CC(=O)OC)C3)c2ncccc2n1. The smallest absolute Gasteiger partial charge is 0.308 e. The van der Waals surface area contributed by atoms with Crippen LogP contribution in [0.5, 0.6) is 0 Å². The predicted molar refractivity (Wildman–Crippen MR) is 130 cm³/mol. The molecule has 4 rings (SSSR count). The number of hydrogen-bond acceptors (Lipinski definition) is 8. The van der Waals surface area contributed by atoms with Gasteiger partial charge in [0.25, 0.3) is 0 Å². The molecule has 0 amide bonds. The molecule has 8 nitrogen and oxygen atoms in total. The number of hydrogen-bond donors (Lipinski definition) is 0. The number of aromatic nitrogens is 3. The molecule has 2 aliphatic heterocycles. The van der Waals surface area contributed by atoms with Crippen molar-refractivity contribution in [3.63, 3.8) is 0 Å². The molecule has 0 saturated carbocycles. The number of unbranched alkanes of at least 4 members (excludes halogenated alkanes) is 2. The van der Waals surface area contributed by atoms with Crippen LogP contribution in [0.3, 0.4) is 0 Å². The molecule has 1 atom stereocenters. The molecule has 1 unspecified atom stereocenters. The molecule has 8 heteroatoms. The van der Waals surface area contributed by atoms with Crippen LogP contribution in [-0.4, -0.2) is 67.4 Å². The first kappa shape index (κ1) is 23.4. The first-order valence-electron chi connectivity index (χ1n) is 11.9. The van der Waals surface area contributed by atoms with Gasteiger partial charge in [0.2, 0.25) is 5.95 Å². The lowest BCUT2D eigenvalue weighted by atomic mass is 9.76. The molecular formula is C25H35N5O3. The molecule has 33 heavy (non-hydrogen) atoms. The first-order chi connectivity index (χ1) is 16.0. The Morgan fingerprint density at radius 2 is 2.18 bits per heavy atom. The highest BCUT2D eigenvalue weighted by Crippen LogP contribution is 2.44. The Labute approximate surface area is 196 Å². The summed E-state index contributed by atoms with van der Waals surface area (Å²) < 4.78 is 10.8. The van der Waals surface area contributed by atoms with Gasteiger partial charge >= 0.3 is 5.97 Å². The summed E-state index contributed by atoms with van der Waals surface area (Å²) >= 11 is 0. The van der Waals surface area contributed by atoms with Crippen LogP contribution in [0.1, 0.15) is 44.9 Å². The number of rotatable bonds is 9. The molecule has 1 spiro atoms. The molecule has 0 bridgehead atoms. The zero-order valence-electron chi connectivity index (χ0n) is 19.8. The molecule has 2 aliphatic rings. The van der Waals surface area contributed by atoms with Crippen LogP contribution in [0.2, 0.25) is 0 Å². The monoisotopic (exact) mass is 453 g/mol. The van der Waals surface area contributed by atoms with E-state index in [2.05, 4.69) is 28.4 Å². The Morgan fingerprint density at radius 1 is 1.36 bits per heavy atom. The molecule has 2 aromatic rings. The molecule has 2 saturated heterocycles. The largest absolute Gasteiger partial charge is 0.469 e. The Morgan fingerprint density at radius 3 is 2.94 bits per heavy atom. The van der Waals surface area contributed by atoms with Crippen molar-refractivity contribution in [1.82, 2.24) is 15.0 Å². The number of carbonyl (C=O) groups excluding carboxylic acids is 1. The van der Waals surface area contributed by atoms with Crippen LogP contribution in [0.4, 0.5) is 11.8 Å². The Balaban J connectivity index is 1.47. The van der Waals surface area contributed by atoms with Crippen LogP contribution in [-0.2, 0) is 14.3 Å². The van der Waals surface area contributed by atoms with E-state index in [-0.39, 0.29) is 17.5 Å². The summed E-state index contributed by atoms with van der Waals surface area (Å²) in [5.41, 5.74) is 1.86. The van der Waals surface area contributed by atoms with Gasteiger partial charge in [-0.25, -0.2) is 4.98 Å². The van der Waals surface area contributed by atoms with E-state index in [9.17, 15) is 4.79 Å². The second-order valence-electron chi connectivity index (χ2n) is 9.33. The van der Waals surface area contributed by atoms with E-state index in [0.29, 0.717) is 13.0 Å². The maximum atomic E-state index is 11.6. The van der Waals surface area contributed by atoms with Crippen molar-refractivity contribution in [3.05, 3.63) is 31.0 Å². The molecular weight excluding hydrogens is 418 g/mol. The van der Waals surface area contributed by atoms with Crippen molar-refractivity contribution in [2.24, 2.45) is 5.41 Å². The summed E-state index contributed by atoms with van der Waals surface area (Å²) in [4.78, 5) is 30.5. The number of piperidine rings is 1. The van der Waals surface area contributed by atoms with Crippen LogP contribution < -0.4 is 9.80 Å². The van der Waals surface area contributed by atoms with Crippen molar-refractivity contribution in [2.75, 3.05) is 50.2 Å². The van der Waals surface area contributed by atoms with Crippen molar-refractivity contribution in [1.29, 1.82) is 0 Å². The van der Waals surface area contributed by atoms with Gasteiger partial charge < -0.3 is 19.3 Å². The highest BCUT2D eigenvalue weighted by atomic mass is 16.5.